The van der Waals surface area contributed by atoms with Gasteiger partial charge in [0.15, 0.2) is 0 Å². The van der Waals surface area contributed by atoms with E-state index in [-0.39, 0.29) is 15.1 Å². The number of hydrogen-bond acceptors (Lipinski definition) is 6. The molecule has 3 heterocycles. The summed E-state index contributed by atoms with van der Waals surface area (Å²) in [6.07, 6.45) is -4.84. The number of imide groups is 1. The number of para-hydroxylation sites is 1. The average Bonchev–Trinajstić information content (AvgIpc) is 3.48. The van der Waals surface area contributed by atoms with Crippen LogP contribution < -0.4 is 15.1 Å². The van der Waals surface area contributed by atoms with Crippen molar-refractivity contribution >= 4 is 86.2 Å². The smallest absolute Gasteiger partial charge is 0.324 e. The highest BCUT2D eigenvalue weighted by Gasteiger charge is 2.58. The number of anilines is 2. The molecule has 0 unspecified atom stereocenters. The van der Waals surface area contributed by atoms with Gasteiger partial charge < -0.3 is 5.32 Å². The summed E-state index contributed by atoms with van der Waals surface area (Å²) in [5.41, 5.74) is -0.857. The van der Waals surface area contributed by atoms with Gasteiger partial charge in [0.05, 0.1) is 32.2 Å². The molecule has 0 aliphatic carbocycles. The SMILES string of the molecule is O=C(Cn1c2c(sc1=O)[C@@H](c1cccc(Cl)c1Cl)[C@@H]1C(=O)N(c3ccccc3C(F)(F)F)C(=O)[C@@H]1S2)Nc1cccc2ccccc12. The van der Waals surface area contributed by atoms with Gasteiger partial charge in [-0.15, -0.1) is 0 Å². The first-order valence-electron chi connectivity index (χ1n) is 14.1. The van der Waals surface area contributed by atoms with Gasteiger partial charge in [0.1, 0.15) is 11.8 Å². The van der Waals surface area contributed by atoms with Crippen LogP contribution in [0, 0.1) is 5.92 Å². The molecule has 4 aromatic carbocycles. The van der Waals surface area contributed by atoms with E-state index in [9.17, 15) is 32.3 Å². The van der Waals surface area contributed by atoms with E-state index in [0.29, 0.717) is 21.0 Å². The van der Waals surface area contributed by atoms with Gasteiger partial charge in [-0.05, 0) is 35.2 Å². The minimum absolute atomic E-state index is 0.0752. The number of alkyl halides is 3. The van der Waals surface area contributed by atoms with E-state index in [1.807, 2.05) is 30.3 Å². The Balaban J connectivity index is 1.32. The number of carbonyl (C=O) groups excluding carboxylic acids is 3. The number of amides is 3. The molecule has 5 aromatic rings. The number of nitrogens with zero attached hydrogens (tertiary/aromatic N) is 2. The van der Waals surface area contributed by atoms with E-state index in [1.165, 1.54) is 22.8 Å². The predicted molar refractivity (Wildman–Crippen MR) is 177 cm³/mol. The summed E-state index contributed by atoms with van der Waals surface area (Å²) in [7, 11) is 0. The van der Waals surface area contributed by atoms with Gasteiger partial charge in [-0.2, -0.15) is 13.2 Å². The van der Waals surface area contributed by atoms with Gasteiger partial charge in [0, 0.05) is 21.9 Å². The molecule has 14 heteroatoms. The van der Waals surface area contributed by atoms with Crippen molar-refractivity contribution in [2.75, 3.05) is 10.2 Å². The molecule has 1 N–H and O–H groups in total. The van der Waals surface area contributed by atoms with E-state index in [4.69, 9.17) is 23.2 Å². The average molecular weight is 715 g/mol. The van der Waals surface area contributed by atoms with Gasteiger partial charge >= 0.3 is 11.0 Å². The third-order valence-electron chi connectivity index (χ3n) is 8.18. The number of aromatic nitrogens is 1. The highest BCUT2D eigenvalue weighted by Crippen LogP contribution is 2.56. The Hall–Kier alpha value is -4.10. The molecule has 1 saturated heterocycles. The van der Waals surface area contributed by atoms with Crippen LogP contribution in [0.3, 0.4) is 0 Å². The first-order chi connectivity index (χ1) is 22.5. The fourth-order valence-electron chi connectivity index (χ4n) is 6.16. The van der Waals surface area contributed by atoms with E-state index in [1.54, 1.807) is 24.3 Å². The summed E-state index contributed by atoms with van der Waals surface area (Å²) in [6.45, 7) is -0.420. The summed E-state index contributed by atoms with van der Waals surface area (Å²) in [4.78, 5) is 55.3. The minimum atomic E-state index is -4.84. The number of hydrogen-bond donors (Lipinski definition) is 1. The molecule has 7 nitrogen and oxygen atoms in total. The summed E-state index contributed by atoms with van der Waals surface area (Å²) in [5.74, 6) is -4.48. The maximum absolute atomic E-state index is 14.1. The predicted octanol–water partition coefficient (Wildman–Crippen LogP) is 7.82. The molecule has 3 atom stereocenters. The number of rotatable bonds is 5. The third-order valence-corrected chi connectivity index (χ3v) is 11.6. The fourth-order valence-corrected chi connectivity index (χ4v) is 9.35. The van der Waals surface area contributed by atoms with Crippen LogP contribution in [0.15, 0.2) is 94.7 Å². The van der Waals surface area contributed by atoms with Crippen LogP contribution in [0.4, 0.5) is 24.5 Å². The quantitative estimate of drug-likeness (QED) is 0.188. The van der Waals surface area contributed by atoms with Crippen LogP contribution in [0.2, 0.25) is 10.0 Å². The molecule has 0 spiro atoms. The molecule has 1 fully saturated rings. The number of halogens is 5. The first-order valence-corrected chi connectivity index (χ1v) is 16.6. The molecule has 3 amide bonds. The Morgan fingerprint density at radius 1 is 0.872 bits per heavy atom. The van der Waals surface area contributed by atoms with Gasteiger partial charge in [-0.1, -0.05) is 107 Å². The molecule has 2 aliphatic rings. The van der Waals surface area contributed by atoms with Gasteiger partial charge in [-0.3, -0.25) is 23.7 Å². The Labute approximate surface area is 282 Å². The van der Waals surface area contributed by atoms with Crippen LogP contribution in [0.5, 0.6) is 0 Å². The zero-order chi connectivity index (χ0) is 33.2. The molecule has 2 aliphatic heterocycles. The highest BCUT2D eigenvalue weighted by molar-refractivity contribution is 8.00. The van der Waals surface area contributed by atoms with Crippen molar-refractivity contribution in [1.82, 2.24) is 4.57 Å². The second-order valence-corrected chi connectivity index (χ2v) is 13.8. The lowest BCUT2D eigenvalue weighted by Crippen LogP contribution is -2.33. The summed E-state index contributed by atoms with van der Waals surface area (Å²) in [5, 5.41) is 3.80. The highest BCUT2D eigenvalue weighted by atomic mass is 35.5. The Morgan fingerprint density at radius 2 is 1.57 bits per heavy atom. The maximum atomic E-state index is 14.1. The van der Waals surface area contributed by atoms with E-state index < -0.39 is 63.7 Å². The minimum Gasteiger partial charge on any atom is -0.324 e. The van der Waals surface area contributed by atoms with Crippen LogP contribution in [-0.4, -0.2) is 27.5 Å². The molecule has 0 saturated carbocycles. The summed E-state index contributed by atoms with van der Waals surface area (Å²) < 4.78 is 43.3. The zero-order valence-electron chi connectivity index (χ0n) is 23.8. The number of benzene rings is 4. The summed E-state index contributed by atoms with van der Waals surface area (Å²) >= 11 is 14.6. The van der Waals surface area contributed by atoms with Crippen molar-refractivity contribution in [2.24, 2.45) is 5.92 Å². The van der Waals surface area contributed by atoms with Crippen molar-refractivity contribution in [3.05, 3.63) is 121 Å². The van der Waals surface area contributed by atoms with Crippen molar-refractivity contribution in [1.29, 1.82) is 0 Å². The standard InChI is InChI=1S/C33H20Cl2F3N3O4S2/c34-20-12-6-10-18(26(20)35)24-25-27(30(44)41(29(25)43)22-14-4-3-11-19(22)33(36,37)38)46-31-28(24)47-32(45)40(31)15-23(42)39-21-13-5-8-16-7-1-2-9-17(16)21/h1-14,24-25,27H,15H2,(H,39,42)/t24-,25-,27+/m0/s1. The van der Waals surface area contributed by atoms with Crippen LogP contribution in [0.25, 0.3) is 10.8 Å². The normalized spacial score (nSPS) is 19.2. The largest absolute Gasteiger partial charge is 0.418 e. The zero-order valence-corrected chi connectivity index (χ0v) is 26.9. The molecule has 7 rings (SSSR count). The first kappa shape index (κ1) is 31.5. The molecule has 1 aromatic heterocycles. The van der Waals surface area contributed by atoms with Crippen molar-refractivity contribution in [3.63, 3.8) is 0 Å². The number of fused-ring (bicyclic) bond motifs is 3. The van der Waals surface area contributed by atoms with Crippen molar-refractivity contribution in [3.8, 4) is 0 Å². The van der Waals surface area contributed by atoms with E-state index in [2.05, 4.69) is 5.32 Å². The van der Waals surface area contributed by atoms with Crippen LogP contribution in [0.1, 0.15) is 21.9 Å². The van der Waals surface area contributed by atoms with Gasteiger partial charge in [0.25, 0.3) is 0 Å². The third kappa shape index (κ3) is 5.33. The van der Waals surface area contributed by atoms with Crippen molar-refractivity contribution in [2.45, 2.75) is 28.9 Å². The molecular formula is C33H20Cl2F3N3O4S2. The number of thioether (sulfide) groups is 1. The van der Waals surface area contributed by atoms with E-state index >= 15 is 0 Å². The maximum Gasteiger partial charge on any atom is 0.418 e. The lowest BCUT2D eigenvalue weighted by Gasteiger charge is -2.31. The summed E-state index contributed by atoms with van der Waals surface area (Å²) in [6, 6.07) is 22.0. The van der Waals surface area contributed by atoms with Crippen molar-refractivity contribution < 1.29 is 27.6 Å². The Morgan fingerprint density at radius 3 is 2.36 bits per heavy atom. The van der Waals surface area contributed by atoms with Crippen LogP contribution >= 0.6 is 46.3 Å². The number of carbonyl (C=O) groups is 3. The van der Waals surface area contributed by atoms with Crippen LogP contribution in [-0.2, 0) is 27.1 Å². The molecular weight excluding hydrogens is 694 g/mol. The van der Waals surface area contributed by atoms with Gasteiger partial charge in [-0.25, -0.2) is 4.90 Å². The lowest BCUT2D eigenvalue weighted by molar-refractivity contribution is -0.137. The molecule has 0 radical (unpaired) electrons. The molecule has 47 heavy (non-hydrogen) atoms. The fraction of sp³-hybridized carbons (Fsp3) is 0.152. The monoisotopic (exact) mass is 713 g/mol. The topological polar surface area (TPSA) is 88.5 Å². The van der Waals surface area contributed by atoms with Gasteiger partial charge in [0.2, 0.25) is 17.7 Å². The number of nitrogens with one attached hydrogen (secondary N) is 1. The second kappa shape index (κ2) is 11.9. The van der Waals surface area contributed by atoms with E-state index in [0.717, 1.165) is 46.0 Å². The molecule has 238 valence electrons. The lowest BCUT2D eigenvalue weighted by atomic mass is 9.83. The Bertz CT molecular complexity index is 2180. The number of thiazole rings is 1. The second-order valence-electron chi connectivity index (χ2n) is 10.9. The Kier molecular flexibility index (Phi) is 7.94. The molecule has 0 bridgehead atoms.